The van der Waals surface area contributed by atoms with Gasteiger partial charge in [0.15, 0.2) is 0 Å². The van der Waals surface area contributed by atoms with Gasteiger partial charge < -0.3 is 9.84 Å². The molecular formula is C16H16N4O3. The highest BCUT2D eigenvalue weighted by molar-refractivity contribution is 5.87. The Hall–Kier alpha value is -2.96. The monoisotopic (exact) mass is 312 g/mol. The fourth-order valence-electron chi connectivity index (χ4n) is 2.31. The van der Waals surface area contributed by atoms with Gasteiger partial charge >= 0.3 is 0 Å². The number of nitrogens with zero attached hydrogens (tertiary/aromatic N) is 3. The largest absolute Gasteiger partial charge is 0.356 e. The molecule has 0 unspecified atom stereocenters. The van der Waals surface area contributed by atoms with Crippen LogP contribution in [0.2, 0.25) is 0 Å². The number of carbonyl (C=O) groups is 1. The van der Waals surface area contributed by atoms with Crippen LogP contribution < -0.4 is 10.9 Å². The maximum Gasteiger partial charge on any atom is 0.299 e. The van der Waals surface area contributed by atoms with Gasteiger partial charge in [-0.3, -0.25) is 14.2 Å². The second kappa shape index (κ2) is 6.43. The molecule has 0 fully saturated rings. The summed E-state index contributed by atoms with van der Waals surface area (Å²) in [5.41, 5.74) is 1.55. The molecular weight excluding hydrogens is 296 g/mol. The van der Waals surface area contributed by atoms with E-state index >= 15 is 0 Å². The molecule has 0 saturated carbocycles. The molecule has 1 N–H and O–H groups in total. The summed E-state index contributed by atoms with van der Waals surface area (Å²) in [7, 11) is 0. The van der Waals surface area contributed by atoms with E-state index in [0.717, 1.165) is 5.56 Å². The minimum absolute atomic E-state index is 0.0993. The van der Waals surface area contributed by atoms with E-state index in [9.17, 15) is 9.59 Å². The van der Waals surface area contributed by atoms with Crippen molar-refractivity contribution in [1.29, 1.82) is 0 Å². The van der Waals surface area contributed by atoms with E-state index in [4.69, 9.17) is 4.52 Å². The van der Waals surface area contributed by atoms with Gasteiger partial charge in [0.05, 0.1) is 6.33 Å². The first kappa shape index (κ1) is 15.0. The Morgan fingerprint density at radius 2 is 2.09 bits per heavy atom. The Kier molecular flexibility index (Phi) is 4.18. The molecule has 0 aliphatic rings. The second-order valence-electron chi connectivity index (χ2n) is 5.02. The zero-order valence-electron chi connectivity index (χ0n) is 12.7. The number of carbonyl (C=O) groups excluding carboxylic acids is 1. The van der Waals surface area contributed by atoms with E-state index in [1.165, 1.54) is 10.9 Å². The lowest BCUT2D eigenvalue weighted by molar-refractivity contribution is -0.121. The summed E-state index contributed by atoms with van der Waals surface area (Å²) in [5, 5.41) is 6.65. The molecule has 3 aromatic rings. The fourth-order valence-corrected chi connectivity index (χ4v) is 2.31. The van der Waals surface area contributed by atoms with Gasteiger partial charge in [-0.1, -0.05) is 35.5 Å². The van der Waals surface area contributed by atoms with Crippen LogP contribution in [-0.4, -0.2) is 27.2 Å². The standard InChI is InChI=1S/C16H16N4O3/c1-2-17-12(21)8-9-20-10-18-14-13(11-6-4-3-5-7-11)19-23-15(14)16(20)22/h3-7,10H,2,8-9H2,1H3,(H,17,21). The van der Waals surface area contributed by atoms with Crippen LogP contribution in [0.3, 0.4) is 0 Å². The van der Waals surface area contributed by atoms with E-state index in [0.29, 0.717) is 17.8 Å². The molecule has 23 heavy (non-hydrogen) atoms. The van der Waals surface area contributed by atoms with Gasteiger partial charge in [-0.15, -0.1) is 0 Å². The molecule has 2 heterocycles. The van der Waals surface area contributed by atoms with Gasteiger partial charge in [-0.2, -0.15) is 0 Å². The predicted molar refractivity (Wildman–Crippen MR) is 84.8 cm³/mol. The highest BCUT2D eigenvalue weighted by Gasteiger charge is 2.16. The SMILES string of the molecule is CCNC(=O)CCn1cnc2c(-c3ccccc3)noc2c1=O. The van der Waals surface area contributed by atoms with E-state index in [2.05, 4.69) is 15.5 Å². The third-order valence-corrected chi connectivity index (χ3v) is 3.45. The van der Waals surface area contributed by atoms with E-state index < -0.39 is 0 Å². The Morgan fingerprint density at radius 3 is 2.83 bits per heavy atom. The van der Waals surface area contributed by atoms with Crippen LogP contribution in [0.1, 0.15) is 13.3 Å². The van der Waals surface area contributed by atoms with Crippen molar-refractivity contribution in [3.63, 3.8) is 0 Å². The van der Waals surface area contributed by atoms with Crippen molar-refractivity contribution in [3.8, 4) is 11.3 Å². The summed E-state index contributed by atoms with van der Waals surface area (Å²) < 4.78 is 6.54. The Balaban J connectivity index is 1.92. The predicted octanol–water partition coefficient (Wildman–Crippen LogP) is 1.58. The molecule has 0 spiro atoms. The van der Waals surface area contributed by atoms with E-state index in [1.54, 1.807) is 0 Å². The topological polar surface area (TPSA) is 90.0 Å². The second-order valence-corrected chi connectivity index (χ2v) is 5.02. The number of benzene rings is 1. The summed E-state index contributed by atoms with van der Waals surface area (Å²) in [6.45, 7) is 2.65. The molecule has 0 saturated heterocycles. The van der Waals surface area contributed by atoms with Gasteiger partial charge in [0.1, 0.15) is 11.2 Å². The first-order chi connectivity index (χ1) is 11.2. The van der Waals surface area contributed by atoms with Crippen molar-refractivity contribution >= 4 is 17.0 Å². The average Bonchev–Trinajstić information content (AvgIpc) is 3.00. The molecule has 118 valence electrons. The van der Waals surface area contributed by atoms with Crippen molar-refractivity contribution in [1.82, 2.24) is 20.0 Å². The molecule has 1 aromatic carbocycles. The number of aryl methyl sites for hydroxylation is 1. The highest BCUT2D eigenvalue weighted by Crippen LogP contribution is 2.23. The lowest BCUT2D eigenvalue weighted by Crippen LogP contribution is -2.27. The highest BCUT2D eigenvalue weighted by atomic mass is 16.5. The number of nitrogens with one attached hydrogen (secondary N) is 1. The normalized spacial score (nSPS) is 10.8. The molecule has 1 amide bonds. The Bertz CT molecular complexity index is 883. The average molecular weight is 312 g/mol. The summed E-state index contributed by atoms with van der Waals surface area (Å²) in [5.74, 6) is -0.109. The van der Waals surface area contributed by atoms with Crippen LogP contribution >= 0.6 is 0 Å². The van der Waals surface area contributed by atoms with Crippen LogP contribution in [0.25, 0.3) is 22.4 Å². The molecule has 0 aliphatic heterocycles. The lowest BCUT2D eigenvalue weighted by Gasteiger charge is -2.04. The van der Waals surface area contributed by atoms with Gasteiger partial charge in [0.25, 0.3) is 11.1 Å². The molecule has 2 aromatic heterocycles. The van der Waals surface area contributed by atoms with Crippen LogP contribution in [-0.2, 0) is 11.3 Å². The summed E-state index contributed by atoms with van der Waals surface area (Å²) in [6, 6.07) is 9.40. The summed E-state index contributed by atoms with van der Waals surface area (Å²) >= 11 is 0. The van der Waals surface area contributed by atoms with Crippen molar-refractivity contribution in [3.05, 3.63) is 47.0 Å². The first-order valence-corrected chi connectivity index (χ1v) is 7.37. The first-order valence-electron chi connectivity index (χ1n) is 7.37. The molecule has 0 radical (unpaired) electrons. The fraction of sp³-hybridized carbons (Fsp3) is 0.250. The van der Waals surface area contributed by atoms with Crippen LogP contribution in [0, 0.1) is 0 Å². The summed E-state index contributed by atoms with van der Waals surface area (Å²) in [6.07, 6.45) is 1.63. The Morgan fingerprint density at radius 1 is 1.30 bits per heavy atom. The van der Waals surface area contributed by atoms with E-state index in [1.807, 2.05) is 37.3 Å². The Labute approximate surface area is 131 Å². The molecule has 7 heteroatoms. The van der Waals surface area contributed by atoms with Gasteiger partial charge in [-0.05, 0) is 6.92 Å². The van der Waals surface area contributed by atoms with Crippen molar-refractivity contribution < 1.29 is 9.32 Å². The van der Waals surface area contributed by atoms with Crippen LogP contribution in [0.15, 0.2) is 46.0 Å². The number of hydrogen-bond donors (Lipinski definition) is 1. The number of amides is 1. The number of aromatic nitrogens is 3. The molecule has 3 rings (SSSR count). The quantitative estimate of drug-likeness (QED) is 0.772. The van der Waals surface area contributed by atoms with Gasteiger partial charge in [0.2, 0.25) is 5.91 Å². The summed E-state index contributed by atoms with van der Waals surface area (Å²) in [4.78, 5) is 28.2. The van der Waals surface area contributed by atoms with Gasteiger partial charge in [0, 0.05) is 25.1 Å². The number of hydrogen-bond acceptors (Lipinski definition) is 5. The van der Waals surface area contributed by atoms with Crippen molar-refractivity contribution in [2.45, 2.75) is 19.9 Å². The maximum atomic E-state index is 12.4. The third kappa shape index (κ3) is 2.98. The molecule has 0 atom stereocenters. The lowest BCUT2D eigenvalue weighted by atomic mass is 10.1. The van der Waals surface area contributed by atoms with Gasteiger partial charge in [-0.25, -0.2) is 4.98 Å². The molecule has 7 nitrogen and oxygen atoms in total. The minimum atomic E-state index is -0.339. The minimum Gasteiger partial charge on any atom is -0.356 e. The van der Waals surface area contributed by atoms with E-state index in [-0.39, 0.29) is 30.0 Å². The zero-order valence-corrected chi connectivity index (χ0v) is 12.7. The maximum absolute atomic E-state index is 12.4. The number of rotatable bonds is 5. The molecule has 0 aliphatic carbocycles. The molecule has 0 bridgehead atoms. The van der Waals surface area contributed by atoms with Crippen LogP contribution in [0.5, 0.6) is 0 Å². The van der Waals surface area contributed by atoms with Crippen molar-refractivity contribution in [2.24, 2.45) is 0 Å². The zero-order chi connectivity index (χ0) is 16.2. The smallest absolute Gasteiger partial charge is 0.299 e. The van der Waals surface area contributed by atoms with Crippen LogP contribution in [0.4, 0.5) is 0 Å². The van der Waals surface area contributed by atoms with Crippen molar-refractivity contribution in [2.75, 3.05) is 6.54 Å². The number of fused-ring (bicyclic) bond motifs is 1. The third-order valence-electron chi connectivity index (χ3n) is 3.45.